The molecule has 0 saturated heterocycles. The lowest BCUT2D eigenvalue weighted by Gasteiger charge is -2.17. The Morgan fingerprint density at radius 3 is 2.36 bits per heavy atom. The normalized spacial score (nSPS) is 10.6. The first-order chi connectivity index (χ1) is 11.7. The standard InChI is InChI=1S/C17H20Cl2N4O2/c1-10-12(11(2)23(4)21-10)8-16(25)22(3)9-15(24)20-17-13(18)6-5-7-14(17)19/h5-7H,8-9H2,1-4H3,(H,20,24). The Balaban J connectivity index is 2.00. The van der Waals surface area contributed by atoms with Crippen molar-refractivity contribution in [3.63, 3.8) is 0 Å². The second kappa shape index (κ2) is 7.89. The summed E-state index contributed by atoms with van der Waals surface area (Å²) in [5, 5.41) is 7.63. The summed E-state index contributed by atoms with van der Waals surface area (Å²) in [5.41, 5.74) is 2.98. The third-order valence-corrected chi connectivity index (χ3v) is 4.65. The van der Waals surface area contributed by atoms with Gasteiger partial charge in [0.15, 0.2) is 0 Å². The summed E-state index contributed by atoms with van der Waals surface area (Å²) < 4.78 is 1.74. The number of hydrogen-bond acceptors (Lipinski definition) is 3. The van der Waals surface area contributed by atoms with E-state index in [4.69, 9.17) is 23.2 Å². The van der Waals surface area contributed by atoms with Crippen LogP contribution in [0.15, 0.2) is 18.2 Å². The highest BCUT2D eigenvalue weighted by Crippen LogP contribution is 2.29. The first kappa shape index (κ1) is 19.3. The van der Waals surface area contributed by atoms with E-state index >= 15 is 0 Å². The molecular formula is C17H20Cl2N4O2. The van der Waals surface area contributed by atoms with Crippen LogP contribution in [0.25, 0.3) is 0 Å². The van der Waals surface area contributed by atoms with Crippen LogP contribution in [0.5, 0.6) is 0 Å². The Morgan fingerprint density at radius 2 is 1.84 bits per heavy atom. The van der Waals surface area contributed by atoms with Crippen LogP contribution in [0.1, 0.15) is 17.0 Å². The van der Waals surface area contributed by atoms with Crippen molar-refractivity contribution < 1.29 is 9.59 Å². The number of hydrogen-bond donors (Lipinski definition) is 1. The maximum atomic E-state index is 12.4. The second-order valence-electron chi connectivity index (χ2n) is 5.84. The van der Waals surface area contributed by atoms with Gasteiger partial charge in [-0.1, -0.05) is 29.3 Å². The SMILES string of the molecule is Cc1nn(C)c(C)c1CC(=O)N(C)CC(=O)Nc1c(Cl)cccc1Cl. The minimum absolute atomic E-state index is 0.0985. The van der Waals surface area contributed by atoms with Crippen molar-refractivity contribution in [3.05, 3.63) is 45.2 Å². The molecule has 1 N–H and O–H groups in total. The maximum Gasteiger partial charge on any atom is 0.244 e. The van der Waals surface area contributed by atoms with Gasteiger partial charge in [0.05, 0.1) is 34.4 Å². The molecule has 0 bridgehead atoms. The molecule has 8 heteroatoms. The molecule has 0 radical (unpaired) electrons. The van der Waals surface area contributed by atoms with E-state index in [1.54, 1.807) is 29.9 Å². The van der Waals surface area contributed by atoms with Gasteiger partial charge in [-0.3, -0.25) is 14.3 Å². The predicted octanol–water partition coefficient (Wildman–Crippen LogP) is 2.98. The van der Waals surface area contributed by atoms with E-state index in [2.05, 4.69) is 10.4 Å². The van der Waals surface area contributed by atoms with E-state index in [0.29, 0.717) is 15.7 Å². The molecular weight excluding hydrogens is 363 g/mol. The molecule has 2 aromatic rings. The smallest absolute Gasteiger partial charge is 0.244 e. The maximum absolute atomic E-state index is 12.4. The van der Waals surface area contributed by atoms with E-state index in [1.807, 2.05) is 20.9 Å². The van der Waals surface area contributed by atoms with Gasteiger partial charge < -0.3 is 10.2 Å². The first-order valence-corrected chi connectivity index (χ1v) is 8.43. The molecule has 0 aliphatic heterocycles. The van der Waals surface area contributed by atoms with Crippen molar-refractivity contribution in [2.75, 3.05) is 18.9 Å². The minimum Gasteiger partial charge on any atom is -0.336 e. The van der Waals surface area contributed by atoms with Crippen molar-refractivity contribution in [1.82, 2.24) is 14.7 Å². The van der Waals surface area contributed by atoms with Gasteiger partial charge in [-0.25, -0.2) is 0 Å². The fourth-order valence-electron chi connectivity index (χ4n) is 2.46. The van der Waals surface area contributed by atoms with Gasteiger partial charge in [0.2, 0.25) is 11.8 Å². The number of carbonyl (C=O) groups excluding carboxylic acids is 2. The Morgan fingerprint density at radius 1 is 1.24 bits per heavy atom. The molecule has 1 aromatic carbocycles. The van der Waals surface area contributed by atoms with E-state index in [1.165, 1.54) is 4.90 Å². The molecule has 0 saturated carbocycles. The van der Waals surface area contributed by atoms with Gasteiger partial charge in [0, 0.05) is 25.4 Å². The number of rotatable bonds is 5. The highest BCUT2D eigenvalue weighted by Gasteiger charge is 2.19. The number of anilines is 1. The quantitative estimate of drug-likeness (QED) is 0.863. The van der Waals surface area contributed by atoms with E-state index in [0.717, 1.165) is 17.0 Å². The fourth-order valence-corrected chi connectivity index (χ4v) is 2.95. The number of aromatic nitrogens is 2. The summed E-state index contributed by atoms with van der Waals surface area (Å²) in [6, 6.07) is 4.95. The molecule has 25 heavy (non-hydrogen) atoms. The lowest BCUT2D eigenvalue weighted by atomic mass is 10.1. The molecule has 0 unspecified atom stereocenters. The third-order valence-electron chi connectivity index (χ3n) is 4.02. The van der Waals surface area contributed by atoms with E-state index in [-0.39, 0.29) is 24.8 Å². The van der Waals surface area contributed by atoms with Crippen LogP contribution in [0.4, 0.5) is 5.69 Å². The van der Waals surface area contributed by atoms with Crippen molar-refractivity contribution in [2.45, 2.75) is 20.3 Å². The zero-order valence-corrected chi connectivity index (χ0v) is 16.1. The molecule has 0 atom stereocenters. The third kappa shape index (κ3) is 4.52. The lowest BCUT2D eigenvalue weighted by Crippen LogP contribution is -2.36. The number of carbonyl (C=O) groups is 2. The summed E-state index contributed by atoms with van der Waals surface area (Å²) >= 11 is 12.1. The summed E-state index contributed by atoms with van der Waals surface area (Å²) in [4.78, 5) is 26.0. The number of para-hydroxylation sites is 1. The van der Waals surface area contributed by atoms with Crippen molar-refractivity contribution in [1.29, 1.82) is 0 Å². The van der Waals surface area contributed by atoms with Crippen LogP contribution in [0, 0.1) is 13.8 Å². The fraction of sp³-hybridized carbons (Fsp3) is 0.353. The molecule has 0 aliphatic carbocycles. The van der Waals surface area contributed by atoms with E-state index in [9.17, 15) is 9.59 Å². The average Bonchev–Trinajstić information content (AvgIpc) is 2.77. The first-order valence-electron chi connectivity index (χ1n) is 7.67. The molecule has 0 spiro atoms. The molecule has 1 aromatic heterocycles. The summed E-state index contributed by atoms with van der Waals surface area (Å²) in [7, 11) is 3.41. The Bertz CT molecular complexity index is 797. The number of nitrogens with one attached hydrogen (secondary N) is 1. The number of likely N-dealkylation sites (N-methyl/N-ethyl adjacent to an activating group) is 1. The van der Waals surface area contributed by atoms with Gasteiger partial charge in [-0.05, 0) is 26.0 Å². The zero-order chi connectivity index (χ0) is 18.7. The number of nitrogens with zero attached hydrogens (tertiary/aromatic N) is 3. The molecule has 134 valence electrons. The van der Waals surface area contributed by atoms with Crippen molar-refractivity contribution >= 4 is 40.7 Å². The van der Waals surface area contributed by atoms with Gasteiger partial charge in [-0.2, -0.15) is 5.10 Å². The molecule has 1 heterocycles. The molecule has 0 aliphatic rings. The number of halogens is 2. The highest BCUT2D eigenvalue weighted by atomic mass is 35.5. The van der Waals surface area contributed by atoms with Crippen molar-refractivity contribution in [3.8, 4) is 0 Å². The summed E-state index contributed by atoms with van der Waals surface area (Å²) in [5.74, 6) is -0.537. The van der Waals surface area contributed by atoms with Crippen LogP contribution in [-0.4, -0.2) is 40.1 Å². The predicted molar refractivity (Wildman–Crippen MR) is 99.1 cm³/mol. The van der Waals surface area contributed by atoms with Crippen LogP contribution in [0.2, 0.25) is 10.0 Å². The van der Waals surface area contributed by atoms with Crippen LogP contribution >= 0.6 is 23.2 Å². The van der Waals surface area contributed by atoms with Gasteiger partial charge >= 0.3 is 0 Å². The Kier molecular flexibility index (Phi) is 6.08. The van der Waals surface area contributed by atoms with Gasteiger partial charge in [0.1, 0.15) is 0 Å². The van der Waals surface area contributed by atoms with Crippen LogP contribution in [-0.2, 0) is 23.1 Å². The zero-order valence-electron chi connectivity index (χ0n) is 14.6. The number of aryl methyl sites for hydroxylation is 2. The second-order valence-corrected chi connectivity index (χ2v) is 6.66. The molecule has 2 rings (SSSR count). The number of benzene rings is 1. The van der Waals surface area contributed by atoms with Crippen molar-refractivity contribution in [2.24, 2.45) is 7.05 Å². The van der Waals surface area contributed by atoms with Crippen LogP contribution < -0.4 is 5.32 Å². The highest BCUT2D eigenvalue weighted by molar-refractivity contribution is 6.39. The summed E-state index contributed by atoms with van der Waals surface area (Å²) in [6.07, 6.45) is 0.197. The topological polar surface area (TPSA) is 67.2 Å². The molecule has 2 amide bonds. The monoisotopic (exact) mass is 382 g/mol. The van der Waals surface area contributed by atoms with Crippen LogP contribution in [0.3, 0.4) is 0 Å². The largest absolute Gasteiger partial charge is 0.336 e. The van der Waals surface area contributed by atoms with Gasteiger partial charge in [0.25, 0.3) is 0 Å². The minimum atomic E-state index is -0.370. The number of amides is 2. The summed E-state index contributed by atoms with van der Waals surface area (Å²) in [6.45, 7) is 3.68. The Hall–Kier alpha value is -2.05. The van der Waals surface area contributed by atoms with Gasteiger partial charge in [-0.15, -0.1) is 0 Å². The lowest BCUT2D eigenvalue weighted by molar-refractivity contribution is -0.132. The Labute approximate surface area is 156 Å². The molecule has 6 nitrogen and oxygen atoms in total. The molecule has 0 fully saturated rings. The van der Waals surface area contributed by atoms with E-state index < -0.39 is 0 Å². The average molecular weight is 383 g/mol.